The average Bonchev–Trinajstić information content (AvgIpc) is 3.21. The quantitative estimate of drug-likeness (QED) is 0.455. The van der Waals surface area contributed by atoms with Crippen LogP contribution in [0.1, 0.15) is 10.6 Å². The summed E-state index contributed by atoms with van der Waals surface area (Å²) < 4.78 is 1.11. The molecule has 2 aromatic carbocycles. The van der Waals surface area contributed by atoms with Crippen LogP contribution in [0.3, 0.4) is 0 Å². The number of aryl methyl sites for hydroxylation is 1. The number of aromatic nitrogens is 2. The van der Waals surface area contributed by atoms with Crippen LogP contribution in [-0.4, -0.2) is 16.5 Å². The minimum atomic E-state index is 0.748. The molecule has 2 heterocycles. The van der Waals surface area contributed by atoms with E-state index in [1.54, 1.807) is 22.7 Å². The van der Waals surface area contributed by atoms with Crippen LogP contribution in [0.5, 0.6) is 0 Å². The van der Waals surface area contributed by atoms with Crippen molar-refractivity contribution in [2.24, 2.45) is 0 Å². The van der Waals surface area contributed by atoms with Crippen LogP contribution < -0.4 is 5.32 Å². The van der Waals surface area contributed by atoms with Gasteiger partial charge in [0.15, 0.2) is 5.13 Å². The lowest BCUT2D eigenvalue weighted by Gasteiger charge is -2.04. The van der Waals surface area contributed by atoms with Crippen molar-refractivity contribution in [1.29, 1.82) is 0 Å². The summed E-state index contributed by atoms with van der Waals surface area (Å²) in [6.45, 7) is 2.88. The molecule has 3 nitrogen and oxygen atoms in total. The van der Waals surface area contributed by atoms with Crippen molar-refractivity contribution >= 4 is 49.6 Å². The molecule has 0 aliphatic rings. The van der Waals surface area contributed by atoms with Gasteiger partial charge in [0.2, 0.25) is 0 Å². The Morgan fingerprint density at radius 2 is 1.92 bits per heavy atom. The van der Waals surface area contributed by atoms with Crippen LogP contribution in [0.25, 0.3) is 21.5 Å². The number of anilines is 1. The van der Waals surface area contributed by atoms with E-state index in [9.17, 15) is 0 Å². The molecule has 25 heavy (non-hydrogen) atoms. The second kappa shape index (κ2) is 7.12. The van der Waals surface area contributed by atoms with Crippen LogP contribution in [-0.2, 0) is 6.42 Å². The third-order valence-corrected chi connectivity index (χ3v) is 5.89. The lowest BCUT2D eigenvalue weighted by atomic mass is 10.1. The summed E-state index contributed by atoms with van der Waals surface area (Å²) in [7, 11) is 0. The summed E-state index contributed by atoms with van der Waals surface area (Å²) >= 11 is 9.34. The first-order chi connectivity index (χ1) is 12.2. The molecular weight excluding hydrogens is 370 g/mol. The highest BCUT2D eigenvalue weighted by atomic mass is 35.5. The van der Waals surface area contributed by atoms with Crippen molar-refractivity contribution in [2.45, 2.75) is 13.3 Å². The number of fused-ring (bicyclic) bond motifs is 1. The number of rotatable bonds is 5. The number of benzene rings is 2. The van der Waals surface area contributed by atoms with Crippen molar-refractivity contribution in [3.63, 3.8) is 0 Å². The number of hydrogen-bond donors (Lipinski definition) is 1. The molecule has 0 spiro atoms. The van der Waals surface area contributed by atoms with E-state index in [2.05, 4.69) is 44.9 Å². The Morgan fingerprint density at radius 1 is 1.08 bits per heavy atom. The smallest absolute Gasteiger partial charge is 0.183 e. The number of halogens is 1. The Morgan fingerprint density at radius 3 is 2.68 bits per heavy atom. The number of hydrogen-bond acceptors (Lipinski definition) is 5. The van der Waals surface area contributed by atoms with Crippen molar-refractivity contribution in [2.75, 3.05) is 11.9 Å². The van der Waals surface area contributed by atoms with Crippen LogP contribution in [0.15, 0.2) is 47.8 Å². The van der Waals surface area contributed by atoms with E-state index in [-0.39, 0.29) is 0 Å². The zero-order valence-corrected chi connectivity index (χ0v) is 16.0. The molecule has 4 aromatic rings. The van der Waals surface area contributed by atoms with Crippen LogP contribution in [0.4, 0.5) is 5.13 Å². The van der Waals surface area contributed by atoms with Gasteiger partial charge in [0.1, 0.15) is 0 Å². The molecule has 0 amide bonds. The van der Waals surface area contributed by atoms with Crippen LogP contribution >= 0.6 is 34.3 Å². The van der Waals surface area contributed by atoms with Crippen molar-refractivity contribution < 1.29 is 0 Å². The monoisotopic (exact) mass is 385 g/mol. The molecule has 1 N–H and O–H groups in total. The second-order valence-corrected chi connectivity index (χ2v) is 8.29. The Hall–Kier alpha value is -1.95. The fraction of sp³-hybridized carbons (Fsp3) is 0.158. The average molecular weight is 386 g/mol. The van der Waals surface area contributed by atoms with Crippen molar-refractivity contribution in [1.82, 2.24) is 9.97 Å². The summed E-state index contributed by atoms with van der Waals surface area (Å²) in [6.07, 6.45) is 0.951. The molecule has 0 aliphatic heterocycles. The first-order valence-electron chi connectivity index (χ1n) is 7.99. The minimum Gasteiger partial charge on any atom is -0.361 e. The first-order valence-corrected chi connectivity index (χ1v) is 10.1. The van der Waals surface area contributed by atoms with Gasteiger partial charge < -0.3 is 5.32 Å². The summed E-state index contributed by atoms with van der Waals surface area (Å²) in [5.74, 6) is 0. The molecule has 0 saturated heterocycles. The van der Waals surface area contributed by atoms with E-state index in [1.807, 2.05) is 25.1 Å². The number of nitrogens with one attached hydrogen (secondary N) is 1. The van der Waals surface area contributed by atoms with E-state index < -0.39 is 0 Å². The van der Waals surface area contributed by atoms with Gasteiger partial charge in [0.05, 0.1) is 20.9 Å². The van der Waals surface area contributed by atoms with Gasteiger partial charge in [-0.3, -0.25) is 0 Å². The Bertz CT molecular complexity index is 1010. The van der Waals surface area contributed by atoms with E-state index in [1.165, 1.54) is 11.1 Å². The third kappa shape index (κ3) is 3.84. The molecule has 0 bridgehead atoms. The van der Waals surface area contributed by atoms with Crippen molar-refractivity contribution in [3.8, 4) is 11.3 Å². The van der Waals surface area contributed by atoms with E-state index in [0.29, 0.717) is 0 Å². The van der Waals surface area contributed by atoms with Crippen molar-refractivity contribution in [3.05, 3.63) is 63.4 Å². The lowest BCUT2D eigenvalue weighted by molar-refractivity contribution is 1.02. The van der Waals surface area contributed by atoms with Gasteiger partial charge in [0.25, 0.3) is 0 Å². The SMILES string of the molecule is Cc1nc(-c2ccc(CCNc3nc4ccc(Cl)cc4s3)cc2)cs1. The maximum atomic E-state index is 6.03. The molecule has 0 radical (unpaired) electrons. The molecule has 0 saturated carbocycles. The van der Waals surface area contributed by atoms with Crippen LogP contribution in [0.2, 0.25) is 5.02 Å². The largest absolute Gasteiger partial charge is 0.361 e. The zero-order valence-electron chi connectivity index (χ0n) is 13.6. The predicted octanol–water partition coefficient (Wildman–Crippen LogP) is 6.04. The van der Waals surface area contributed by atoms with E-state index in [4.69, 9.17) is 11.6 Å². The summed E-state index contributed by atoms with van der Waals surface area (Å²) in [4.78, 5) is 9.11. The lowest BCUT2D eigenvalue weighted by Crippen LogP contribution is -2.04. The fourth-order valence-electron chi connectivity index (χ4n) is 2.63. The number of thiazole rings is 2. The fourth-order valence-corrected chi connectivity index (χ4v) is 4.42. The van der Waals surface area contributed by atoms with Gasteiger partial charge in [-0.05, 0) is 37.1 Å². The highest BCUT2D eigenvalue weighted by molar-refractivity contribution is 7.22. The highest BCUT2D eigenvalue weighted by Gasteiger charge is 2.05. The second-order valence-electron chi connectivity index (χ2n) is 5.76. The third-order valence-electron chi connectivity index (χ3n) is 3.91. The molecule has 126 valence electrons. The first kappa shape index (κ1) is 16.5. The summed E-state index contributed by atoms with van der Waals surface area (Å²) in [5, 5.41) is 8.29. The van der Waals surface area contributed by atoms with E-state index in [0.717, 1.165) is 44.0 Å². The highest BCUT2D eigenvalue weighted by Crippen LogP contribution is 2.28. The van der Waals surface area contributed by atoms with Gasteiger partial charge >= 0.3 is 0 Å². The van der Waals surface area contributed by atoms with Gasteiger partial charge in [-0.25, -0.2) is 9.97 Å². The van der Waals surface area contributed by atoms with Gasteiger partial charge in [0, 0.05) is 22.5 Å². The van der Waals surface area contributed by atoms with Crippen LogP contribution in [0, 0.1) is 6.92 Å². The number of nitrogens with zero attached hydrogens (tertiary/aromatic N) is 2. The topological polar surface area (TPSA) is 37.8 Å². The molecule has 0 fully saturated rings. The Labute approximate surface area is 159 Å². The summed E-state index contributed by atoms with van der Waals surface area (Å²) in [6, 6.07) is 14.4. The molecular formula is C19H16ClN3S2. The molecule has 4 rings (SSSR count). The summed E-state index contributed by atoms with van der Waals surface area (Å²) in [5.41, 5.74) is 4.51. The van der Waals surface area contributed by atoms with E-state index >= 15 is 0 Å². The standard InChI is InChI=1S/C19H16ClN3S2/c1-12-22-17(11-24-12)14-4-2-13(3-5-14)8-9-21-19-23-16-7-6-15(20)10-18(16)25-19/h2-7,10-11H,8-9H2,1H3,(H,21,23). The molecule has 0 aliphatic carbocycles. The Balaban J connectivity index is 1.37. The molecule has 2 aromatic heterocycles. The van der Waals surface area contributed by atoms with Gasteiger partial charge in [-0.15, -0.1) is 11.3 Å². The van der Waals surface area contributed by atoms with Gasteiger partial charge in [-0.1, -0.05) is 47.2 Å². The predicted molar refractivity (Wildman–Crippen MR) is 109 cm³/mol. The zero-order chi connectivity index (χ0) is 17.2. The molecule has 0 unspecified atom stereocenters. The molecule has 6 heteroatoms. The normalized spacial score (nSPS) is 11.1. The maximum absolute atomic E-state index is 6.03. The Kier molecular flexibility index (Phi) is 4.70. The molecule has 0 atom stereocenters. The minimum absolute atomic E-state index is 0.748. The van der Waals surface area contributed by atoms with Gasteiger partial charge in [-0.2, -0.15) is 0 Å². The maximum Gasteiger partial charge on any atom is 0.183 e.